The van der Waals surface area contributed by atoms with Gasteiger partial charge in [-0.15, -0.1) is 0 Å². The molecule has 1 aromatic rings. The average molecular weight is 216 g/mol. The first kappa shape index (κ1) is 9.85. The molecule has 1 aliphatic carbocycles. The van der Waals surface area contributed by atoms with E-state index in [1.165, 1.54) is 17.6 Å². The van der Waals surface area contributed by atoms with Crippen molar-refractivity contribution in [1.29, 1.82) is 0 Å². The minimum absolute atomic E-state index is 0.599. The summed E-state index contributed by atoms with van der Waals surface area (Å²) in [6.45, 7) is 3.12. The van der Waals surface area contributed by atoms with Crippen LogP contribution in [0.5, 0.6) is 5.75 Å². The second-order valence-corrected chi connectivity index (χ2v) is 4.60. The van der Waals surface area contributed by atoms with E-state index in [1.54, 1.807) is 7.11 Å². The van der Waals surface area contributed by atoms with Crippen LogP contribution in [-0.2, 0) is 0 Å². The van der Waals surface area contributed by atoms with Crippen molar-refractivity contribution < 1.29 is 4.74 Å². The molecule has 0 amide bonds. The quantitative estimate of drug-likeness (QED) is 0.818. The molecule has 1 N–H and O–H groups in total. The standard InChI is InChI=1S/C13H16N2O/c1-8-13(16-2)5-10(6-14-8)9-3-11-7-15-12(11)4-9/h4-6,11-12,15H,3,7H2,1-2H3/t11-,12-/m0/s1. The second kappa shape index (κ2) is 3.59. The van der Waals surface area contributed by atoms with E-state index in [4.69, 9.17) is 4.74 Å². The van der Waals surface area contributed by atoms with E-state index in [9.17, 15) is 0 Å². The summed E-state index contributed by atoms with van der Waals surface area (Å²) in [5, 5.41) is 3.42. The first-order valence-corrected chi connectivity index (χ1v) is 5.73. The molecule has 0 radical (unpaired) electrons. The molecule has 2 aliphatic rings. The third kappa shape index (κ3) is 1.43. The van der Waals surface area contributed by atoms with Gasteiger partial charge in [-0.25, -0.2) is 0 Å². The number of ether oxygens (including phenoxy) is 1. The minimum Gasteiger partial charge on any atom is -0.495 e. The Morgan fingerprint density at radius 2 is 2.38 bits per heavy atom. The molecule has 1 aromatic heterocycles. The van der Waals surface area contributed by atoms with Crippen LogP contribution in [0.15, 0.2) is 18.3 Å². The van der Waals surface area contributed by atoms with Crippen molar-refractivity contribution in [2.45, 2.75) is 19.4 Å². The monoisotopic (exact) mass is 216 g/mol. The molecule has 1 aliphatic heterocycles. The average Bonchev–Trinajstić information content (AvgIpc) is 2.56. The smallest absolute Gasteiger partial charge is 0.140 e. The zero-order valence-electron chi connectivity index (χ0n) is 9.66. The summed E-state index contributed by atoms with van der Waals surface area (Å²) in [6, 6.07) is 2.70. The maximum absolute atomic E-state index is 5.31. The number of nitrogens with zero attached hydrogens (tertiary/aromatic N) is 1. The molecule has 0 saturated carbocycles. The molecule has 16 heavy (non-hydrogen) atoms. The van der Waals surface area contributed by atoms with Crippen molar-refractivity contribution in [3.63, 3.8) is 0 Å². The Hall–Kier alpha value is -1.35. The van der Waals surface area contributed by atoms with E-state index in [1.807, 2.05) is 13.1 Å². The normalized spacial score (nSPS) is 27.0. The number of allylic oxidation sites excluding steroid dienone is 1. The van der Waals surface area contributed by atoms with Crippen molar-refractivity contribution in [1.82, 2.24) is 10.3 Å². The minimum atomic E-state index is 0.599. The molecule has 0 bridgehead atoms. The Morgan fingerprint density at radius 3 is 2.94 bits per heavy atom. The molecule has 3 heteroatoms. The van der Waals surface area contributed by atoms with Crippen LogP contribution in [0.2, 0.25) is 0 Å². The molecule has 3 rings (SSSR count). The molecule has 84 valence electrons. The predicted octanol–water partition coefficient (Wildman–Crippen LogP) is 1.77. The molecule has 2 atom stereocenters. The highest BCUT2D eigenvalue weighted by Crippen LogP contribution is 2.37. The van der Waals surface area contributed by atoms with Gasteiger partial charge in [0, 0.05) is 18.8 Å². The summed E-state index contributed by atoms with van der Waals surface area (Å²) < 4.78 is 5.31. The largest absolute Gasteiger partial charge is 0.495 e. The Bertz CT molecular complexity index is 453. The van der Waals surface area contributed by atoms with Gasteiger partial charge in [0.15, 0.2) is 0 Å². The number of fused-ring (bicyclic) bond motifs is 1. The fraction of sp³-hybridized carbons (Fsp3) is 0.462. The van der Waals surface area contributed by atoms with Crippen LogP contribution in [0, 0.1) is 12.8 Å². The van der Waals surface area contributed by atoms with Crippen LogP contribution in [0.1, 0.15) is 17.7 Å². The molecule has 0 spiro atoms. The Kier molecular flexibility index (Phi) is 2.21. The fourth-order valence-corrected chi connectivity index (χ4v) is 2.49. The van der Waals surface area contributed by atoms with E-state index < -0.39 is 0 Å². The van der Waals surface area contributed by atoms with E-state index in [0.717, 1.165) is 23.9 Å². The van der Waals surface area contributed by atoms with Gasteiger partial charge < -0.3 is 10.1 Å². The van der Waals surface area contributed by atoms with Gasteiger partial charge in [-0.1, -0.05) is 6.08 Å². The summed E-state index contributed by atoms with van der Waals surface area (Å²) in [5.41, 5.74) is 3.57. The van der Waals surface area contributed by atoms with Gasteiger partial charge in [0.25, 0.3) is 0 Å². The maximum Gasteiger partial charge on any atom is 0.140 e. The van der Waals surface area contributed by atoms with Crippen molar-refractivity contribution in [2.24, 2.45) is 5.92 Å². The molecule has 2 heterocycles. The molecule has 0 unspecified atom stereocenters. The topological polar surface area (TPSA) is 34.1 Å². The lowest BCUT2D eigenvalue weighted by atomic mass is 9.94. The van der Waals surface area contributed by atoms with Crippen molar-refractivity contribution in [2.75, 3.05) is 13.7 Å². The van der Waals surface area contributed by atoms with Crippen molar-refractivity contribution in [3.05, 3.63) is 29.6 Å². The number of nitrogens with one attached hydrogen (secondary N) is 1. The number of hydrogen-bond acceptors (Lipinski definition) is 3. The van der Waals surface area contributed by atoms with Crippen molar-refractivity contribution in [3.8, 4) is 5.75 Å². The van der Waals surface area contributed by atoms with Crippen molar-refractivity contribution >= 4 is 5.57 Å². The molecule has 1 fully saturated rings. The van der Waals surface area contributed by atoms with Gasteiger partial charge in [-0.05, 0) is 36.5 Å². The highest BCUT2D eigenvalue weighted by molar-refractivity contribution is 5.70. The summed E-state index contributed by atoms with van der Waals surface area (Å²) in [6.07, 6.45) is 5.46. The van der Waals surface area contributed by atoms with E-state index in [-0.39, 0.29) is 0 Å². The zero-order chi connectivity index (χ0) is 11.1. The molecule has 3 nitrogen and oxygen atoms in total. The molecule has 1 saturated heterocycles. The number of aromatic nitrogens is 1. The SMILES string of the molecule is COc1cc(C2=C[C@@H]3NC[C@@H]3C2)cnc1C. The first-order valence-electron chi connectivity index (χ1n) is 5.73. The number of hydrogen-bond donors (Lipinski definition) is 1. The lowest BCUT2D eigenvalue weighted by Crippen LogP contribution is -2.49. The molecular weight excluding hydrogens is 200 g/mol. The Balaban J connectivity index is 1.92. The van der Waals surface area contributed by atoms with Crippen LogP contribution in [0.3, 0.4) is 0 Å². The third-order valence-electron chi connectivity index (χ3n) is 3.62. The summed E-state index contributed by atoms with van der Waals surface area (Å²) in [7, 11) is 1.70. The fourth-order valence-electron chi connectivity index (χ4n) is 2.49. The summed E-state index contributed by atoms with van der Waals surface area (Å²) in [5.74, 6) is 1.69. The van der Waals surface area contributed by atoms with Crippen LogP contribution >= 0.6 is 0 Å². The van der Waals surface area contributed by atoms with Gasteiger partial charge in [-0.3, -0.25) is 4.98 Å². The Morgan fingerprint density at radius 1 is 1.50 bits per heavy atom. The van der Waals surface area contributed by atoms with Crippen LogP contribution in [0.4, 0.5) is 0 Å². The van der Waals surface area contributed by atoms with Gasteiger partial charge in [0.2, 0.25) is 0 Å². The van der Waals surface area contributed by atoms with Gasteiger partial charge in [0.1, 0.15) is 5.75 Å². The summed E-state index contributed by atoms with van der Waals surface area (Å²) in [4.78, 5) is 4.38. The van der Waals surface area contributed by atoms with Crippen LogP contribution in [-0.4, -0.2) is 24.7 Å². The van der Waals surface area contributed by atoms with E-state index in [2.05, 4.69) is 22.4 Å². The number of rotatable bonds is 2. The maximum atomic E-state index is 5.31. The van der Waals surface area contributed by atoms with E-state index >= 15 is 0 Å². The number of pyridine rings is 1. The summed E-state index contributed by atoms with van der Waals surface area (Å²) >= 11 is 0. The van der Waals surface area contributed by atoms with E-state index in [0.29, 0.717) is 6.04 Å². The van der Waals surface area contributed by atoms with Crippen LogP contribution < -0.4 is 10.1 Å². The highest BCUT2D eigenvalue weighted by atomic mass is 16.5. The van der Waals surface area contributed by atoms with Gasteiger partial charge in [-0.2, -0.15) is 0 Å². The second-order valence-electron chi connectivity index (χ2n) is 4.60. The van der Waals surface area contributed by atoms with Gasteiger partial charge >= 0.3 is 0 Å². The Labute approximate surface area is 95.5 Å². The highest BCUT2D eigenvalue weighted by Gasteiger charge is 2.34. The molecule has 0 aromatic carbocycles. The molecular formula is C13H16N2O. The number of methoxy groups -OCH3 is 1. The third-order valence-corrected chi connectivity index (χ3v) is 3.62. The lowest BCUT2D eigenvalue weighted by molar-refractivity contribution is 0.301. The lowest BCUT2D eigenvalue weighted by Gasteiger charge is -2.31. The van der Waals surface area contributed by atoms with Gasteiger partial charge in [0.05, 0.1) is 12.8 Å². The zero-order valence-corrected chi connectivity index (χ0v) is 9.66. The first-order chi connectivity index (χ1) is 7.78. The van der Waals surface area contributed by atoms with Crippen LogP contribution in [0.25, 0.3) is 5.57 Å². The number of aryl methyl sites for hydroxylation is 1. The predicted molar refractivity (Wildman–Crippen MR) is 63.4 cm³/mol.